The maximum Gasteiger partial charge on any atom is 0.323 e. The third-order valence-corrected chi connectivity index (χ3v) is 4.37. The van der Waals surface area contributed by atoms with E-state index in [1.165, 1.54) is 18.8 Å². The number of benzene rings is 1. The van der Waals surface area contributed by atoms with E-state index in [-0.39, 0.29) is 12.0 Å². The Hall–Kier alpha value is -1.53. The van der Waals surface area contributed by atoms with E-state index >= 15 is 0 Å². The Labute approximate surface area is 121 Å². The molecule has 5 nitrogen and oxygen atoms in total. The summed E-state index contributed by atoms with van der Waals surface area (Å²) in [6.07, 6.45) is 3.08. The fourth-order valence-corrected chi connectivity index (χ4v) is 3.36. The number of aromatic nitrogens is 2. The number of methoxy groups -OCH3 is 1. The predicted molar refractivity (Wildman–Crippen MR) is 77.5 cm³/mol. The van der Waals surface area contributed by atoms with Crippen molar-refractivity contribution in [3.05, 3.63) is 23.8 Å². The molecule has 106 valence electrons. The number of hydrogen-bond acceptors (Lipinski definition) is 6. The van der Waals surface area contributed by atoms with Gasteiger partial charge in [0.25, 0.3) is 0 Å². The van der Waals surface area contributed by atoms with Crippen LogP contribution in [0.25, 0.3) is 11.0 Å². The lowest BCUT2D eigenvalue weighted by Crippen LogP contribution is -2.44. The molecule has 0 bridgehead atoms. The highest BCUT2D eigenvalue weighted by Gasteiger charge is 2.29. The van der Waals surface area contributed by atoms with Gasteiger partial charge in [-0.25, -0.2) is 0 Å². The van der Waals surface area contributed by atoms with Gasteiger partial charge >= 0.3 is 5.97 Å². The number of piperidine rings is 1. The van der Waals surface area contributed by atoms with Crippen LogP contribution in [-0.4, -0.2) is 39.3 Å². The maximum absolute atomic E-state index is 11.9. The predicted octanol–water partition coefficient (Wildman–Crippen LogP) is 2.22. The van der Waals surface area contributed by atoms with E-state index in [0.717, 1.165) is 48.9 Å². The standard InChI is InChI=1S/C14H17N3O2S/c1-19-14(18)12-7-2-3-8-17(12)9-10-5-4-6-11-13(10)16-20-15-11/h4-6,12H,2-3,7-9H2,1H3. The van der Waals surface area contributed by atoms with Crippen molar-refractivity contribution < 1.29 is 9.53 Å². The Morgan fingerprint density at radius 1 is 1.45 bits per heavy atom. The van der Waals surface area contributed by atoms with Gasteiger partial charge in [-0.1, -0.05) is 18.6 Å². The summed E-state index contributed by atoms with van der Waals surface area (Å²) in [4.78, 5) is 14.1. The number of hydrogen-bond donors (Lipinski definition) is 0. The monoisotopic (exact) mass is 291 g/mol. The van der Waals surface area contributed by atoms with Crippen LogP contribution in [0.3, 0.4) is 0 Å². The zero-order valence-corrected chi connectivity index (χ0v) is 12.2. The minimum Gasteiger partial charge on any atom is -0.468 e. The lowest BCUT2D eigenvalue weighted by Gasteiger charge is -2.33. The van der Waals surface area contributed by atoms with Crippen molar-refractivity contribution in [3.8, 4) is 0 Å². The molecule has 20 heavy (non-hydrogen) atoms. The first-order valence-electron chi connectivity index (χ1n) is 6.81. The number of carbonyl (C=O) groups excluding carboxylic acids is 1. The average molecular weight is 291 g/mol. The second kappa shape index (κ2) is 5.85. The number of likely N-dealkylation sites (tertiary alicyclic amines) is 1. The molecule has 2 aromatic rings. The van der Waals surface area contributed by atoms with E-state index < -0.39 is 0 Å². The largest absolute Gasteiger partial charge is 0.468 e. The summed E-state index contributed by atoms with van der Waals surface area (Å²) in [6, 6.07) is 5.90. The molecule has 0 saturated carbocycles. The first kappa shape index (κ1) is 13.5. The van der Waals surface area contributed by atoms with Crippen LogP contribution in [0.15, 0.2) is 18.2 Å². The van der Waals surface area contributed by atoms with Crippen LogP contribution < -0.4 is 0 Å². The van der Waals surface area contributed by atoms with Crippen molar-refractivity contribution in [1.82, 2.24) is 13.6 Å². The lowest BCUT2D eigenvalue weighted by molar-refractivity contribution is -0.148. The smallest absolute Gasteiger partial charge is 0.323 e. The van der Waals surface area contributed by atoms with Crippen molar-refractivity contribution in [3.63, 3.8) is 0 Å². The number of carbonyl (C=O) groups is 1. The summed E-state index contributed by atoms with van der Waals surface area (Å²) in [7, 11) is 1.46. The summed E-state index contributed by atoms with van der Waals surface area (Å²) in [5.74, 6) is -0.131. The van der Waals surface area contributed by atoms with Crippen LogP contribution in [0.2, 0.25) is 0 Å². The van der Waals surface area contributed by atoms with Crippen molar-refractivity contribution >= 4 is 28.7 Å². The first-order chi connectivity index (χ1) is 9.79. The van der Waals surface area contributed by atoms with E-state index in [1.54, 1.807) is 0 Å². The number of nitrogens with zero attached hydrogens (tertiary/aromatic N) is 3. The highest BCUT2D eigenvalue weighted by Crippen LogP contribution is 2.23. The molecule has 1 aromatic carbocycles. The zero-order valence-electron chi connectivity index (χ0n) is 11.4. The van der Waals surface area contributed by atoms with E-state index in [2.05, 4.69) is 19.7 Å². The molecule has 0 aliphatic carbocycles. The highest BCUT2D eigenvalue weighted by atomic mass is 32.1. The molecule has 1 atom stereocenters. The fourth-order valence-electron chi connectivity index (χ4n) is 2.79. The van der Waals surface area contributed by atoms with Crippen molar-refractivity contribution in [2.75, 3.05) is 13.7 Å². The molecule has 1 aliphatic rings. The van der Waals surface area contributed by atoms with Crippen molar-refractivity contribution in [1.29, 1.82) is 0 Å². The molecule has 3 rings (SSSR count). The Morgan fingerprint density at radius 2 is 2.35 bits per heavy atom. The molecule has 2 heterocycles. The molecule has 0 spiro atoms. The molecular weight excluding hydrogens is 274 g/mol. The van der Waals surface area contributed by atoms with Gasteiger partial charge in [-0.2, -0.15) is 8.75 Å². The SMILES string of the molecule is COC(=O)C1CCCCN1Cc1cccc2nsnc12. The van der Waals surface area contributed by atoms with Gasteiger partial charge in [0, 0.05) is 6.54 Å². The van der Waals surface area contributed by atoms with Gasteiger partial charge in [-0.3, -0.25) is 9.69 Å². The molecule has 1 unspecified atom stereocenters. The molecule has 6 heteroatoms. The summed E-state index contributed by atoms with van der Waals surface area (Å²) in [6.45, 7) is 1.65. The van der Waals surface area contributed by atoms with Crippen LogP contribution in [0.1, 0.15) is 24.8 Å². The third-order valence-electron chi connectivity index (χ3n) is 3.83. The topological polar surface area (TPSA) is 55.3 Å². The Morgan fingerprint density at radius 3 is 3.20 bits per heavy atom. The van der Waals surface area contributed by atoms with Gasteiger partial charge in [-0.15, -0.1) is 0 Å². The van der Waals surface area contributed by atoms with Gasteiger partial charge < -0.3 is 4.74 Å². The third kappa shape index (κ3) is 2.53. The van der Waals surface area contributed by atoms with Crippen LogP contribution in [0.4, 0.5) is 0 Å². The van der Waals surface area contributed by atoms with Gasteiger partial charge in [0.2, 0.25) is 0 Å². The zero-order chi connectivity index (χ0) is 13.9. The number of esters is 1. The van der Waals surface area contributed by atoms with E-state index in [1.807, 2.05) is 12.1 Å². The van der Waals surface area contributed by atoms with E-state index in [0.29, 0.717) is 0 Å². The maximum atomic E-state index is 11.9. The molecule has 1 fully saturated rings. The average Bonchev–Trinajstić information content (AvgIpc) is 2.96. The molecule has 1 aromatic heterocycles. The quantitative estimate of drug-likeness (QED) is 0.812. The second-order valence-electron chi connectivity index (χ2n) is 5.05. The summed E-state index contributed by atoms with van der Waals surface area (Å²) >= 11 is 1.23. The van der Waals surface area contributed by atoms with Gasteiger partial charge in [-0.05, 0) is 31.0 Å². The van der Waals surface area contributed by atoms with Gasteiger partial charge in [0.1, 0.15) is 17.1 Å². The van der Waals surface area contributed by atoms with Gasteiger partial charge in [0.05, 0.1) is 18.8 Å². The van der Waals surface area contributed by atoms with Crippen LogP contribution in [-0.2, 0) is 16.1 Å². The molecule has 0 N–H and O–H groups in total. The first-order valence-corrected chi connectivity index (χ1v) is 7.54. The summed E-state index contributed by atoms with van der Waals surface area (Å²) < 4.78 is 13.5. The summed E-state index contributed by atoms with van der Waals surface area (Å²) in [5.41, 5.74) is 3.01. The number of ether oxygens (including phenoxy) is 1. The van der Waals surface area contributed by atoms with Crippen molar-refractivity contribution in [2.45, 2.75) is 31.8 Å². The molecule has 1 saturated heterocycles. The van der Waals surface area contributed by atoms with Crippen LogP contribution in [0, 0.1) is 0 Å². The Bertz CT molecular complexity index is 613. The molecule has 0 amide bonds. The van der Waals surface area contributed by atoms with E-state index in [9.17, 15) is 4.79 Å². The Kier molecular flexibility index (Phi) is 3.93. The molecule has 1 aliphatic heterocycles. The highest BCUT2D eigenvalue weighted by molar-refractivity contribution is 7.00. The van der Waals surface area contributed by atoms with Gasteiger partial charge in [0.15, 0.2) is 0 Å². The fraction of sp³-hybridized carbons (Fsp3) is 0.500. The summed E-state index contributed by atoms with van der Waals surface area (Å²) in [5, 5.41) is 0. The van der Waals surface area contributed by atoms with E-state index in [4.69, 9.17) is 4.74 Å². The molecular formula is C14H17N3O2S. The lowest BCUT2D eigenvalue weighted by atomic mass is 10.0. The number of fused-ring (bicyclic) bond motifs is 1. The second-order valence-corrected chi connectivity index (χ2v) is 5.58. The minimum absolute atomic E-state index is 0.129. The normalized spacial score (nSPS) is 20.1. The van der Waals surface area contributed by atoms with Crippen LogP contribution in [0.5, 0.6) is 0 Å². The Balaban J connectivity index is 1.84. The molecule has 0 radical (unpaired) electrons. The minimum atomic E-state index is -0.131. The van der Waals surface area contributed by atoms with Crippen LogP contribution >= 0.6 is 11.7 Å². The van der Waals surface area contributed by atoms with Crippen molar-refractivity contribution in [2.24, 2.45) is 0 Å². The number of rotatable bonds is 3.